The van der Waals surface area contributed by atoms with Crippen molar-refractivity contribution in [3.05, 3.63) is 11.8 Å². The van der Waals surface area contributed by atoms with Crippen molar-refractivity contribution in [1.29, 1.82) is 0 Å². The highest BCUT2D eigenvalue weighted by Crippen LogP contribution is 1.92. The summed E-state index contributed by atoms with van der Waals surface area (Å²) in [6, 6.07) is 0. The molecule has 0 heterocycles. The monoisotopic (exact) mass is 143 g/mol. The van der Waals surface area contributed by atoms with E-state index in [0.717, 1.165) is 0 Å². The van der Waals surface area contributed by atoms with Crippen molar-refractivity contribution in [1.82, 2.24) is 4.90 Å². The van der Waals surface area contributed by atoms with Gasteiger partial charge in [0.1, 0.15) is 0 Å². The van der Waals surface area contributed by atoms with E-state index in [1.54, 1.807) is 21.0 Å². The van der Waals surface area contributed by atoms with Crippen LogP contribution in [0.1, 0.15) is 6.92 Å². The van der Waals surface area contributed by atoms with Crippen LogP contribution in [0.2, 0.25) is 0 Å². The Morgan fingerprint density at radius 2 is 2.00 bits per heavy atom. The van der Waals surface area contributed by atoms with Crippen molar-refractivity contribution < 1.29 is 9.53 Å². The maximum atomic E-state index is 10.9. The molecule has 10 heavy (non-hydrogen) atoms. The first kappa shape index (κ1) is 9.01. The quantitative estimate of drug-likeness (QED) is 0.419. The summed E-state index contributed by atoms with van der Waals surface area (Å²) < 4.78 is 4.78. The Kier molecular flexibility index (Phi) is 3.54. The Bertz CT molecular complexity index is 150. The fourth-order valence-corrected chi connectivity index (χ4v) is 0.362. The van der Waals surface area contributed by atoms with Crippen LogP contribution < -0.4 is 0 Å². The Balaban J connectivity index is 4.00. The maximum absolute atomic E-state index is 10.9. The van der Waals surface area contributed by atoms with Crippen LogP contribution in [-0.2, 0) is 9.53 Å². The molecule has 1 amide bonds. The molecule has 0 aliphatic carbocycles. The highest BCUT2D eigenvalue weighted by atomic mass is 16.5. The lowest BCUT2D eigenvalue weighted by Crippen LogP contribution is -2.19. The zero-order valence-corrected chi connectivity index (χ0v) is 6.84. The summed E-state index contributed by atoms with van der Waals surface area (Å²) in [6.07, 6.45) is 1.44. The third kappa shape index (κ3) is 3.12. The van der Waals surface area contributed by atoms with Crippen molar-refractivity contribution in [2.45, 2.75) is 6.92 Å². The second kappa shape index (κ2) is 3.93. The molecule has 0 bridgehead atoms. The molecule has 0 aromatic carbocycles. The van der Waals surface area contributed by atoms with Gasteiger partial charge in [0.15, 0.2) is 0 Å². The van der Waals surface area contributed by atoms with Gasteiger partial charge in [-0.05, 0) is 6.92 Å². The summed E-state index contributed by atoms with van der Waals surface area (Å²) in [7, 11) is 4.93. The van der Waals surface area contributed by atoms with Crippen molar-refractivity contribution >= 4 is 5.91 Å². The molecule has 58 valence electrons. The van der Waals surface area contributed by atoms with Gasteiger partial charge in [0, 0.05) is 20.2 Å². The van der Waals surface area contributed by atoms with Gasteiger partial charge in [0.05, 0.1) is 12.9 Å². The van der Waals surface area contributed by atoms with Crippen LogP contribution in [0.15, 0.2) is 11.8 Å². The lowest BCUT2D eigenvalue weighted by molar-refractivity contribution is -0.123. The van der Waals surface area contributed by atoms with Gasteiger partial charge in [-0.1, -0.05) is 0 Å². The number of allylic oxidation sites excluding steroid dienone is 1. The second-order valence-electron chi connectivity index (χ2n) is 2.19. The number of amides is 1. The molecule has 0 aromatic heterocycles. The van der Waals surface area contributed by atoms with Gasteiger partial charge in [-0.3, -0.25) is 4.79 Å². The van der Waals surface area contributed by atoms with Gasteiger partial charge in [0.25, 0.3) is 0 Å². The summed E-state index contributed by atoms with van der Waals surface area (Å²) in [6.45, 7) is 1.74. The van der Waals surface area contributed by atoms with Crippen molar-refractivity contribution in [2.75, 3.05) is 21.2 Å². The second-order valence-corrected chi connectivity index (χ2v) is 2.19. The highest BCUT2D eigenvalue weighted by Gasteiger charge is 1.98. The Hall–Kier alpha value is -0.990. The maximum Gasteiger partial charge on any atom is 0.249 e. The van der Waals surface area contributed by atoms with E-state index in [2.05, 4.69) is 0 Å². The molecule has 0 radical (unpaired) electrons. The molecule has 0 N–H and O–H groups in total. The number of nitrogens with zero attached hydrogens (tertiary/aromatic N) is 1. The summed E-state index contributed by atoms with van der Waals surface area (Å²) >= 11 is 0. The number of rotatable bonds is 2. The van der Waals surface area contributed by atoms with E-state index in [9.17, 15) is 4.79 Å². The number of hydrogen-bond donors (Lipinski definition) is 0. The molecular formula is C7H13NO2. The van der Waals surface area contributed by atoms with Gasteiger partial charge in [-0.15, -0.1) is 0 Å². The average Bonchev–Trinajstić information content (AvgIpc) is 1.87. The number of carbonyl (C=O) groups excluding carboxylic acids is 1. The van der Waals surface area contributed by atoms with Gasteiger partial charge in [-0.25, -0.2) is 0 Å². The smallest absolute Gasteiger partial charge is 0.249 e. The van der Waals surface area contributed by atoms with Crippen molar-refractivity contribution in [3.8, 4) is 0 Å². The van der Waals surface area contributed by atoms with E-state index in [1.165, 1.54) is 18.1 Å². The van der Waals surface area contributed by atoms with Crippen molar-refractivity contribution in [3.63, 3.8) is 0 Å². The molecule has 0 fully saturated rings. The molecule has 3 heteroatoms. The first-order chi connectivity index (χ1) is 4.57. The van der Waals surface area contributed by atoms with E-state index in [0.29, 0.717) is 5.76 Å². The van der Waals surface area contributed by atoms with E-state index < -0.39 is 0 Å². The molecule has 0 aliphatic heterocycles. The van der Waals surface area contributed by atoms with Crippen LogP contribution in [0.5, 0.6) is 0 Å². The van der Waals surface area contributed by atoms with Crippen LogP contribution >= 0.6 is 0 Å². The summed E-state index contributed by atoms with van der Waals surface area (Å²) in [5.74, 6) is 0.568. The summed E-state index contributed by atoms with van der Waals surface area (Å²) in [5, 5.41) is 0. The zero-order valence-electron chi connectivity index (χ0n) is 6.84. The minimum atomic E-state index is -0.0562. The van der Waals surface area contributed by atoms with Crippen LogP contribution in [0.3, 0.4) is 0 Å². The fourth-order valence-electron chi connectivity index (χ4n) is 0.362. The molecule has 0 saturated heterocycles. The summed E-state index contributed by atoms with van der Waals surface area (Å²) in [5.41, 5.74) is 0. The van der Waals surface area contributed by atoms with E-state index in [4.69, 9.17) is 4.74 Å². The summed E-state index contributed by atoms with van der Waals surface area (Å²) in [4.78, 5) is 12.4. The molecule has 0 spiro atoms. The normalized spacial score (nSPS) is 11.0. The number of likely N-dealkylation sites (N-methyl/N-ethyl adjacent to an activating group) is 1. The van der Waals surface area contributed by atoms with E-state index in [-0.39, 0.29) is 5.91 Å². The lowest BCUT2D eigenvalue weighted by atomic mass is 10.4. The third-order valence-electron chi connectivity index (χ3n) is 1.09. The van der Waals surface area contributed by atoms with E-state index in [1.807, 2.05) is 0 Å². The molecule has 3 nitrogen and oxygen atoms in total. The predicted molar refractivity (Wildman–Crippen MR) is 39.5 cm³/mol. The molecule has 0 aromatic rings. The van der Waals surface area contributed by atoms with Crippen molar-refractivity contribution in [2.24, 2.45) is 0 Å². The first-order valence-corrected chi connectivity index (χ1v) is 3.01. The van der Waals surface area contributed by atoms with Gasteiger partial charge in [-0.2, -0.15) is 0 Å². The molecular weight excluding hydrogens is 130 g/mol. The van der Waals surface area contributed by atoms with E-state index >= 15 is 0 Å². The van der Waals surface area contributed by atoms with Gasteiger partial charge < -0.3 is 9.64 Å². The number of ether oxygens (including phenoxy) is 1. The molecule has 0 aliphatic rings. The molecule has 0 rings (SSSR count). The van der Waals surface area contributed by atoms with Gasteiger partial charge in [0.2, 0.25) is 5.91 Å². The largest absolute Gasteiger partial charge is 0.501 e. The first-order valence-electron chi connectivity index (χ1n) is 3.01. The zero-order chi connectivity index (χ0) is 8.15. The minimum Gasteiger partial charge on any atom is -0.501 e. The third-order valence-corrected chi connectivity index (χ3v) is 1.09. The SMILES string of the molecule is CO/C(C)=C/C(=O)N(C)C. The molecule has 0 unspecified atom stereocenters. The van der Waals surface area contributed by atoms with Gasteiger partial charge >= 0.3 is 0 Å². The molecule has 0 saturated carbocycles. The highest BCUT2D eigenvalue weighted by molar-refractivity contribution is 5.87. The minimum absolute atomic E-state index is 0.0562. The Morgan fingerprint density at radius 3 is 2.30 bits per heavy atom. The van der Waals surface area contributed by atoms with Crippen LogP contribution in [0, 0.1) is 0 Å². The Labute approximate surface area is 61.3 Å². The molecule has 0 atom stereocenters. The van der Waals surface area contributed by atoms with Crippen LogP contribution in [0.4, 0.5) is 0 Å². The number of hydrogen-bond acceptors (Lipinski definition) is 2. The predicted octanol–water partition coefficient (Wildman–Crippen LogP) is 0.625. The number of methoxy groups -OCH3 is 1. The fraction of sp³-hybridized carbons (Fsp3) is 0.571. The topological polar surface area (TPSA) is 29.5 Å². The standard InChI is InChI=1S/C7H13NO2/c1-6(10-4)5-7(9)8(2)3/h5H,1-4H3/b6-5+. The average molecular weight is 143 g/mol. The lowest BCUT2D eigenvalue weighted by Gasteiger charge is -2.06. The Morgan fingerprint density at radius 1 is 1.50 bits per heavy atom. The van der Waals surface area contributed by atoms with Crippen LogP contribution in [-0.4, -0.2) is 32.0 Å². The van der Waals surface area contributed by atoms with Crippen LogP contribution in [0.25, 0.3) is 0 Å². The number of carbonyl (C=O) groups is 1.